The average Bonchev–Trinajstić information content (AvgIpc) is 2.07. The molecule has 1 amide bonds. The molecule has 0 unspecified atom stereocenters. The van der Waals surface area contributed by atoms with Crippen LogP contribution in [0.1, 0.15) is 0 Å². The standard InChI is InChI=1S/C8H9NO2S/c1-12-9(8(10)11)7-5-3-2-4-6-7/h2-6H,1H3,(H,10,11). The number of hydrogen-bond acceptors (Lipinski definition) is 2. The second-order valence-electron chi connectivity index (χ2n) is 2.10. The van der Waals surface area contributed by atoms with Crippen molar-refractivity contribution in [3.05, 3.63) is 30.3 Å². The Morgan fingerprint density at radius 1 is 1.42 bits per heavy atom. The summed E-state index contributed by atoms with van der Waals surface area (Å²) in [6, 6.07) is 8.97. The van der Waals surface area contributed by atoms with Gasteiger partial charge in [-0.3, -0.25) is 0 Å². The summed E-state index contributed by atoms with van der Waals surface area (Å²) in [6.07, 6.45) is 0.773. The number of benzene rings is 1. The predicted molar refractivity (Wildman–Crippen MR) is 50.5 cm³/mol. The lowest BCUT2D eigenvalue weighted by Gasteiger charge is -2.14. The van der Waals surface area contributed by atoms with Crippen molar-refractivity contribution in [2.45, 2.75) is 0 Å². The number of nitrogens with zero attached hydrogens (tertiary/aromatic N) is 1. The monoisotopic (exact) mass is 183 g/mol. The molecule has 1 aromatic carbocycles. The summed E-state index contributed by atoms with van der Waals surface area (Å²) in [5, 5.41) is 8.73. The van der Waals surface area contributed by atoms with E-state index in [-0.39, 0.29) is 0 Å². The Hall–Kier alpha value is -1.16. The highest BCUT2D eigenvalue weighted by Gasteiger charge is 2.11. The van der Waals surface area contributed by atoms with Crippen LogP contribution >= 0.6 is 11.9 Å². The zero-order valence-corrected chi connectivity index (χ0v) is 7.41. The van der Waals surface area contributed by atoms with Gasteiger partial charge in [0, 0.05) is 6.26 Å². The van der Waals surface area contributed by atoms with E-state index in [0.29, 0.717) is 5.69 Å². The van der Waals surface area contributed by atoms with E-state index in [9.17, 15) is 4.79 Å². The van der Waals surface area contributed by atoms with Gasteiger partial charge in [0.2, 0.25) is 0 Å². The van der Waals surface area contributed by atoms with Crippen LogP contribution in [0.5, 0.6) is 0 Å². The molecule has 0 radical (unpaired) electrons. The zero-order valence-electron chi connectivity index (χ0n) is 6.60. The molecule has 1 rings (SSSR count). The van der Waals surface area contributed by atoms with Crippen molar-refractivity contribution in [3.8, 4) is 0 Å². The summed E-state index contributed by atoms with van der Waals surface area (Å²) in [5.74, 6) is 0. The minimum atomic E-state index is -0.950. The Kier molecular flexibility index (Phi) is 2.99. The van der Waals surface area contributed by atoms with Gasteiger partial charge in [0.1, 0.15) is 0 Å². The Labute approximate surface area is 75.1 Å². The van der Waals surface area contributed by atoms with E-state index in [4.69, 9.17) is 5.11 Å². The fourth-order valence-corrected chi connectivity index (χ4v) is 1.35. The van der Waals surface area contributed by atoms with E-state index in [1.807, 2.05) is 18.2 Å². The van der Waals surface area contributed by atoms with E-state index in [2.05, 4.69) is 0 Å². The van der Waals surface area contributed by atoms with Crippen molar-refractivity contribution in [1.29, 1.82) is 0 Å². The fraction of sp³-hybridized carbons (Fsp3) is 0.125. The van der Waals surface area contributed by atoms with Crippen LogP contribution in [0.4, 0.5) is 10.5 Å². The lowest BCUT2D eigenvalue weighted by Crippen LogP contribution is -2.20. The van der Waals surface area contributed by atoms with E-state index < -0.39 is 6.09 Å². The summed E-state index contributed by atoms with van der Waals surface area (Å²) in [6.45, 7) is 0. The zero-order chi connectivity index (χ0) is 8.97. The molecule has 0 aliphatic carbocycles. The van der Waals surface area contributed by atoms with Gasteiger partial charge in [-0.2, -0.15) is 0 Å². The van der Waals surface area contributed by atoms with Gasteiger partial charge >= 0.3 is 6.09 Å². The molecule has 0 aliphatic rings. The van der Waals surface area contributed by atoms with Crippen molar-refractivity contribution in [1.82, 2.24) is 0 Å². The second-order valence-corrected chi connectivity index (χ2v) is 2.83. The SMILES string of the molecule is CSN(C(=O)O)c1ccccc1. The summed E-state index contributed by atoms with van der Waals surface area (Å²) < 4.78 is 1.21. The molecule has 3 nitrogen and oxygen atoms in total. The van der Waals surface area contributed by atoms with Gasteiger partial charge in [0.05, 0.1) is 5.69 Å². The van der Waals surface area contributed by atoms with Crippen molar-refractivity contribution < 1.29 is 9.90 Å². The summed E-state index contributed by atoms with van der Waals surface area (Å²) in [4.78, 5) is 10.6. The maximum atomic E-state index is 10.6. The molecule has 12 heavy (non-hydrogen) atoms. The van der Waals surface area contributed by atoms with Gasteiger partial charge in [-0.05, 0) is 24.1 Å². The minimum Gasteiger partial charge on any atom is -0.464 e. The molecule has 0 atom stereocenters. The van der Waals surface area contributed by atoms with Crippen LogP contribution < -0.4 is 4.31 Å². The number of anilines is 1. The van der Waals surface area contributed by atoms with E-state index in [0.717, 1.165) is 11.9 Å². The molecular formula is C8H9NO2S. The first-order valence-corrected chi connectivity index (χ1v) is 4.56. The number of carbonyl (C=O) groups is 1. The molecule has 0 saturated carbocycles. The molecule has 0 aromatic heterocycles. The van der Waals surface area contributed by atoms with Crippen LogP contribution in [0.15, 0.2) is 30.3 Å². The molecule has 1 N–H and O–H groups in total. The lowest BCUT2D eigenvalue weighted by molar-refractivity contribution is 0.206. The highest BCUT2D eigenvalue weighted by atomic mass is 32.2. The minimum absolute atomic E-state index is 0.678. The number of carboxylic acid groups (broad SMARTS) is 1. The number of amides is 1. The van der Waals surface area contributed by atoms with Gasteiger partial charge in [0.25, 0.3) is 0 Å². The summed E-state index contributed by atoms with van der Waals surface area (Å²) in [5.41, 5.74) is 0.678. The lowest BCUT2D eigenvalue weighted by atomic mass is 10.3. The van der Waals surface area contributed by atoms with Gasteiger partial charge in [-0.1, -0.05) is 18.2 Å². The molecular weight excluding hydrogens is 174 g/mol. The molecule has 4 heteroatoms. The van der Waals surface area contributed by atoms with Gasteiger partial charge in [0.15, 0.2) is 0 Å². The Balaban J connectivity index is 2.88. The second kappa shape index (κ2) is 4.01. The topological polar surface area (TPSA) is 40.5 Å². The molecule has 0 aliphatic heterocycles. The fourth-order valence-electron chi connectivity index (χ4n) is 0.857. The molecule has 0 bridgehead atoms. The molecule has 0 heterocycles. The van der Waals surface area contributed by atoms with E-state index >= 15 is 0 Å². The van der Waals surface area contributed by atoms with Gasteiger partial charge in [-0.15, -0.1) is 0 Å². The first-order chi connectivity index (χ1) is 5.75. The maximum Gasteiger partial charge on any atom is 0.422 e. The Bertz CT molecular complexity index is 263. The van der Waals surface area contributed by atoms with E-state index in [1.165, 1.54) is 4.31 Å². The highest BCUT2D eigenvalue weighted by Crippen LogP contribution is 2.19. The van der Waals surface area contributed by atoms with Gasteiger partial charge in [-0.25, -0.2) is 9.10 Å². The van der Waals surface area contributed by atoms with Crippen LogP contribution in [-0.4, -0.2) is 17.5 Å². The Morgan fingerprint density at radius 2 is 2.00 bits per heavy atom. The highest BCUT2D eigenvalue weighted by molar-refractivity contribution is 8.00. The smallest absolute Gasteiger partial charge is 0.422 e. The van der Waals surface area contributed by atoms with Crippen molar-refractivity contribution in [3.63, 3.8) is 0 Å². The van der Waals surface area contributed by atoms with Crippen molar-refractivity contribution in [2.24, 2.45) is 0 Å². The Morgan fingerprint density at radius 3 is 2.42 bits per heavy atom. The van der Waals surface area contributed by atoms with Crippen LogP contribution in [0.25, 0.3) is 0 Å². The van der Waals surface area contributed by atoms with Crippen molar-refractivity contribution >= 4 is 23.7 Å². The summed E-state index contributed by atoms with van der Waals surface area (Å²) in [7, 11) is 0. The molecule has 0 fully saturated rings. The summed E-state index contributed by atoms with van der Waals surface area (Å²) >= 11 is 1.16. The van der Waals surface area contributed by atoms with Crippen LogP contribution in [-0.2, 0) is 0 Å². The third kappa shape index (κ3) is 1.92. The number of rotatable bonds is 2. The van der Waals surface area contributed by atoms with E-state index in [1.54, 1.807) is 18.4 Å². The first-order valence-electron chi connectivity index (χ1n) is 3.38. The largest absolute Gasteiger partial charge is 0.464 e. The third-order valence-electron chi connectivity index (χ3n) is 1.35. The normalized spacial score (nSPS) is 9.42. The van der Waals surface area contributed by atoms with Crippen molar-refractivity contribution in [2.75, 3.05) is 10.6 Å². The van der Waals surface area contributed by atoms with Crippen LogP contribution in [0.2, 0.25) is 0 Å². The molecule has 64 valence electrons. The molecule has 0 spiro atoms. The molecule has 0 saturated heterocycles. The average molecular weight is 183 g/mol. The first kappa shape index (κ1) is 8.93. The molecule has 1 aromatic rings. The third-order valence-corrected chi connectivity index (χ3v) is 2.08. The van der Waals surface area contributed by atoms with Crippen LogP contribution in [0, 0.1) is 0 Å². The van der Waals surface area contributed by atoms with Gasteiger partial charge < -0.3 is 5.11 Å². The quantitative estimate of drug-likeness (QED) is 0.716. The predicted octanol–water partition coefficient (Wildman–Crippen LogP) is 2.45. The maximum absolute atomic E-state index is 10.6. The van der Waals surface area contributed by atoms with Crippen LogP contribution in [0.3, 0.4) is 0 Å². The number of para-hydroxylation sites is 1. The number of hydrogen-bond donors (Lipinski definition) is 1.